The van der Waals surface area contributed by atoms with Gasteiger partial charge in [-0.1, -0.05) is 24.3 Å². The largest absolute Gasteiger partial charge is 0.525 e. The van der Waals surface area contributed by atoms with E-state index in [1.807, 2.05) is 79.7 Å². The maximum Gasteiger partial charge on any atom is 0.525 e. The van der Waals surface area contributed by atoms with Gasteiger partial charge in [0.05, 0.1) is 23.4 Å². The maximum absolute atomic E-state index is 15.5. The first-order chi connectivity index (χ1) is 11.8. The van der Waals surface area contributed by atoms with Crippen LogP contribution in [-0.2, 0) is 14.0 Å². The molecule has 0 aromatic heterocycles. The summed E-state index contributed by atoms with van der Waals surface area (Å²) in [6.45, 7) is 16.1. The van der Waals surface area contributed by atoms with Crippen LogP contribution in [-0.4, -0.2) is 30.5 Å². The van der Waals surface area contributed by atoms with Gasteiger partial charge < -0.3 is 14.0 Å². The molecule has 0 unspecified atom stereocenters. The van der Waals surface area contributed by atoms with Gasteiger partial charge in [-0.15, -0.1) is 0 Å². The molecule has 0 bridgehead atoms. The zero-order valence-corrected chi connectivity index (χ0v) is 17.4. The molecule has 0 N–H and O–H groups in total. The lowest BCUT2D eigenvalue weighted by Crippen LogP contribution is -2.41. The van der Waals surface area contributed by atoms with Crippen LogP contribution in [0.5, 0.6) is 0 Å². The average Bonchev–Trinajstić information content (AvgIpc) is 2.71. The van der Waals surface area contributed by atoms with Gasteiger partial charge in [-0.3, -0.25) is 0 Å². The molecule has 0 aliphatic carbocycles. The SMILES string of the molecule is Cc1ccccc1C(CCOC(C)(C)C)=C(F)B1OC(C)(C)C(C)(C)O1. The maximum atomic E-state index is 15.5. The fourth-order valence-electron chi connectivity index (χ4n) is 2.84. The van der Waals surface area contributed by atoms with Gasteiger partial charge in [-0.05, 0) is 78.5 Å². The minimum atomic E-state index is -0.996. The summed E-state index contributed by atoms with van der Waals surface area (Å²) in [5.41, 5.74) is 0.697. The molecule has 1 saturated heterocycles. The third-order valence-electron chi connectivity index (χ3n) is 5.11. The highest BCUT2D eigenvalue weighted by atomic mass is 19.1. The van der Waals surface area contributed by atoms with E-state index in [1.54, 1.807) is 0 Å². The molecule has 1 heterocycles. The van der Waals surface area contributed by atoms with Crippen molar-refractivity contribution in [2.45, 2.75) is 78.6 Å². The van der Waals surface area contributed by atoms with Crippen LogP contribution in [0.1, 0.15) is 66.0 Å². The average molecular weight is 362 g/mol. The lowest BCUT2D eigenvalue weighted by atomic mass is 9.81. The van der Waals surface area contributed by atoms with Crippen LogP contribution in [0.3, 0.4) is 0 Å². The van der Waals surface area contributed by atoms with Gasteiger partial charge in [0, 0.05) is 0 Å². The van der Waals surface area contributed by atoms with Crippen LogP contribution in [0.2, 0.25) is 0 Å². The second-order valence-electron chi connectivity index (χ2n) is 8.94. The molecule has 0 spiro atoms. The second kappa shape index (κ2) is 7.45. The Labute approximate surface area is 158 Å². The van der Waals surface area contributed by atoms with E-state index < -0.39 is 18.3 Å². The van der Waals surface area contributed by atoms with Crippen molar-refractivity contribution in [2.24, 2.45) is 0 Å². The van der Waals surface area contributed by atoms with Gasteiger partial charge >= 0.3 is 7.12 Å². The van der Waals surface area contributed by atoms with Crippen molar-refractivity contribution in [1.29, 1.82) is 0 Å². The number of aryl methyl sites for hydroxylation is 1. The quantitative estimate of drug-likeness (QED) is 0.646. The summed E-state index contributed by atoms with van der Waals surface area (Å²) in [4.78, 5) is 0. The molecule has 26 heavy (non-hydrogen) atoms. The van der Waals surface area contributed by atoms with Crippen LogP contribution < -0.4 is 0 Å². The highest BCUT2D eigenvalue weighted by molar-refractivity contribution is 6.55. The molecule has 1 aromatic carbocycles. The summed E-state index contributed by atoms with van der Waals surface area (Å²) in [7, 11) is -0.996. The number of hydrogen-bond acceptors (Lipinski definition) is 3. The van der Waals surface area contributed by atoms with E-state index in [-0.39, 0.29) is 11.3 Å². The first-order valence-corrected chi connectivity index (χ1v) is 9.28. The molecule has 1 aromatic rings. The van der Waals surface area contributed by atoms with E-state index in [2.05, 4.69) is 0 Å². The molecule has 0 radical (unpaired) electrons. The Bertz CT molecular complexity index is 658. The van der Waals surface area contributed by atoms with E-state index in [4.69, 9.17) is 14.0 Å². The second-order valence-corrected chi connectivity index (χ2v) is 8.94. The number of rotatable bonds is 5. The summed E-state index contributed by atoms with van der Waals surface area (Å²) in [6.07, 6.45) is 0.456. The normalized spacial score (nSPS) is 20.3. The van der Waals surface area contributed by atoms with Crippen molar-refractivity contribution < 1.29 is 18.4 Å². The van der Waals surface area contributed by atoms with Gasteiger partial charge in [-0.2, -0.15) is 0 Å². The van der Waals surface area contributed by atoms with Gasteiger partial charge in [-0.25, -0.2) is 4.39 Å². The van der Waals surface area contributed by atoms with Crippen LogP contribution in [0.15, 0.2) is 30.0 Å². The molecule has 0 atom stereocenters. The highest BCUT2D eigenvalue weighted by Gasteiger charge is 2.53. The van der Waals surface area contributed by atoms with E-state index in [9.17, 15) is 0 Å². The monoisotopic (exact) mass is 362 g/mol. The van der Waals surface area contributed by atoms with Crippen molar-refractivity contribution in [3.8, 4) is 0 Å². The van der Waals surface area contributed by atoms with Crippen LogP contribution in [0.25, 0.3) is 5.57 Å². The van der Waals surface area contributed by atoms with E-state index in [0.717, 1.165) is 11.1 Å². The Morgan fingerprint density at radius 1 is 1.08 bits per heavy atom. The third kappa shape index (κ3) is 4.76. The van der Waals surface area contributed by atoms with Gasteiger partial charge in [0.25, 0.3) is 0 Å². The molecular weight excluding hydrogens is 330 g/mol. The van der Waals surface area contributed by atoms with Crippen LogP contribution in [0.4, 0.5) is 4.39 Å². The number of halogens is 1. The molecule has 1 aliphatic rings. The Morgan fingerprint density at radius 2 is 1.62 bits per heavy atom. The summed E-state index contributed by atoms with van der Waals surface area (Å²) in [5.74, 6) is 0. The minimum Gasteiger partial charge on any atom is -0.398 e. The lowest BCUT2D eigenvalue weighted by Gasteiger charge is -2.32. The molecule has 5 heteroatoms. The standard InChI is InChI=1S/C21H32BFO3/c1-15-11-9-10-12-16(15)17(13-14-24-19(2,3)4)18(23)22-25-20(5,6)21(7,8)26-22/h9-12H,13-14H2,1-8H3. The zero-order valence-electron chi connectivity index (χ0n) is 17.4. The Kier molecular flexibility index (Phi) is 6.06. The van der Waals surface area contributed by atoms with Crippen LogP contribution in [0, 0.1) is 6.92 Å². The van der Waals surface area contributed by atoms with E-state index >= 15 is 4.39 Å². The van der Waals surface area contributed by atoms with Crippen molar-refractivity contribution in [1.82, 2.24) is 0 Å². The molecule has 3 nitrogen and oxygen atoms in total. The van der Waals surface area contributed by atoms with Crippen molar-refractivity contribution >= 4 is 12.7 Å². The fourth-order valence-corrected chi connectivity index (χ4v) is 2.84. The number of hydrogen-bond donors (Lipinski definition) is 0. The molecule has 2 rings (SSSR count). The Balaban J connectivity index is 2.36. The Morgan fingerprint density at radius 3 is 2.12 bits per heavy atom. The number of ether oxygens (including phenoxy) is 1. The smallest absolute Gasteiger partial charge is 0.398 e. The number of benzene rings is 1. The van der Waals surface area contributed by atoms with E-state index in [1.165, 1.54) is 0 Å². The summed E-state index contributed by atoms with van der Waals surface area (Å²) in [5, 5.41) is 0. The van der Waals surface area contributed by atoms with Gasteiger partial charge in [0.2, 0.25) is 0 Å². The fraction of sp³-hybridized carbons (Fsp3) is 0.619. The van der Waals surface area contributed by atoms with Gasteiger partial charge in [0.15, 0.2) is 0 Å². The first kappa shape index (κ1) is 21.1. The predicted octanol–water partition coefficient (Wildman–Crippen LogP) is 5.51. The first-order valence-electron chi connectivity index (χ1n) is 9.28. The zero-order chi connectivity index (χ0) is 19.8. The molecule has 0 saturated carbocycles. The van der Waals surface area contributed by atoms with E-state index in [0.29, 0.717) is 18.6 Å². The molecule has 1 fully saturated rings. The van der Waals surface area contributed by atoms with Gasteiger partial charge in [0.1, 0.15) is 5.73 Å². The Hall–Kier alpha value is -1.17. The van der Waals surface area contributed by atoms with Crippen molar-refractivity contribution in [2.75, 3.05) is 6.61 Å². The molecule has 144 valence electrons. The summed E-state index contributed by atoms with van der Waals surface area (Å²) < 4.78 is 33.2. The summed E-state index contributed by atoms with van der Waals surface area (Å²) >= 11 is 0. The molecule has 0 amide bonds. The predicted molar refractivity (Wildman–Crippen MR) is 106 cm³/mol. The third-order valence-corrected chi connectivity index (χ3v) is 5.11. The molecular formula is C21H32BFO3. The minimum absolute atomic E-state index is 0.266. The highest BCUT2D eigenvalue weighted by Crippen LogP contribution is 2.41. The van der Waals surface area contributed by atoms with Crippen molar-refractivity contribution in [3.05, 3.63) is 41.1 Å². The van der Waals surface area contributed by atoms with Crippen LogP contribution >= 0.6 is 0 Å². The topological polar surface area (TPSA) is 27.7 Å². The molecule has 1 aliphatic heterocycles. The lowest BCUT2D eigenvalue weighted by molar-refractivity contribution is 0.000563. The summed E-state index contributed by atoms with van der Waals surface area (Å²) in [6, 6.07) is 7.79. The van der Waals surface area contributed by atoms with Crippen molar-refractivity contribution in [3.63, 3.8) is 0 Å².